The van der Waals surface area contributed by atoms with Crippen molar-refractivity contribution < 1.29 is 4.55 Å². The summed E-state index contributed by atoms with van der Waals surface area (Å²) in [6.07, 6.45) is 0.753. The first-order valence-corrected chi connectivity index (χ1v) is 10.4. The zero-order valence-corrected chi connectivity index (χ0v) is 17.4. The maximum absolute atomic E-state index is 9.28. The van der Waals surface area contributed by atoms with Crippen LogP contribution in [0.4, 0.5) is 11.8 Å². The van der Waals surface area contributed by atoms with E-state index >= 15 is 0 Å². The van der Waals surface area contributed by atoms with Crippen LogP contribution in [0.2, 0.25) is 10.0 Å². The molecule has 1 aromatic heterocycles. The van der Waals surface area contributed by atoms with Crippen LogP contribution in [0.25, 0.3) is 11.3 Å². The van der Waals surface area contributed by atoms with Gasteiger partial charge in [-0.1, -0.05) is 41.4 Å². The predicted molar refractivity (Wildman–Crippen MR) is 116 cm³/mol. The Kier molecular flexibility index (Phi) is 6.51. The smallest absolute Gasteiger partial charge is 0.222 e. The highest BCUT2D eigenvalue weighted by molar-refractivity contribution is 7.80. The summed E-state index contributed by atoms with van der Waals surface area (Å²) in [5.41, 5.74) is 9.31. The van der Waals surface area contributed by atoms with Crippen molar-refractivity contribution >= 4 is 45.9 Å². The fourth-order valence-corrected chi connectivity index (χ4v) is 3.51. The SMILES string of the molecule is Cc1c(-c2cc(NCCc3ccc(S(=N)O)cc3)nc(N)n2)ccc(Cl)c1Cl. The standard InChI is InChI=1S/C19H19Cl2N5OS/c1-11-14(6-7-15(20)18(11)21)16-10-17(26-19(22)25-16)24-9-8-12-2-4-13(5-3-12)28(23)27/h2-7,10H,8-9H2,1H3,(H2,23,27)(H3,22,24,25,26). The van der Waals surface area contributed by atoms with E-state index in [1.807, 2.05) is 31.2 Å². The maximum Gasteiger partial charge on any atom is 0.222 e. The lowest BCUT2D eigenvalue weighted by Gasteiger charge is -2.12. The number of rotatable bonds is 6. The van der Waals surface area contributed by atoms with Gasteiger partial charge in [-0.15, -0.1) is 0 Å². The Morgan fingerprint density at radius 3 is 2.54 bits per heavy atom. The molecule has 3 rings (SSSR count). The number of nitrogens with one attached hydrogen (secondary N) is 2. The normalized spacial score (nSPS) is 12.0. The third kappa shape index (κ3) is 4.80. The van der Waals surface area contributed by atoms with E-state index in [9.17, 15) is 4.55 Å². The van der Waals surface area contributed by atoms with Crippen LogP contribution >= 0.6 is 23.2 Å². The number of anilines is 2. The largest absolute Gasteiger partial charge is 0.370 e. The number of hydrogen-bond donors (Lipinski definition) is 4. The van der Waals surface area contributed by atoms with Crippen molar-refractivity contribution in [3.8, 4) is 11.3 Å². The summed E-state index contributed by atoms with van der Waals surface area (Å²) in [5.74, 6) is 0.785. The van der Waals surface area contributed by atoms with E-state index in [0.29, 0.717) is 33.0 Å². The number of benzene rings is 2. The second kappa shape index (κ2) is 8.87. The van der Waals surface area contributed by atoms with Gasteiger partial charge in [-0.3, -0.25) is 4.78 Å². The molecule has 1 atom stereocenters. The fourth-order valence-electron chi connectivity index (χ4n) is 2.74. The van der Waals surface area contributed by atoms with Gasteiger partial charge in [0.05, 0.1) is 26.7 Å². The van der Waals surface area contributed by atoms with Crippen LogP contribution in [0.3, 0.4) is 0 Å². The van der Waals surface area contributed by atoms with Crippen molar-refractivity contribution in [2.45, 2.75) is 18.2 Å². The molecule has 9 heteroatoms. The van der Waals surface area contributed by atoms with Crippen LogP contribution in [-0.4, -0.2) is 21.1 Å². The van der Waals surface area contributed by atoms with Gasteiger partial charge in [-0.05, 0) is 42.7 Å². The minimum atomic E-state index is -1.47. The van der Waals surface area contributed by atoms with Crippen LogP contribution in [0, 0.1) is 11.7 Å². The van der Waals surface area contributed by atoms with E-state index in [1.54, 1.807) is 18.2 Å². The lowest BCUT2D eigenvalue weighted by molar-refractivity contribution is 0.645. The average molecular weight is 436 g/mol. The van der Waals surface area contributed by atoms with Crippen molar-refractivity contribution in [2.75, 3.05) is 17.6 Å². The molecule has 5 N–H and O–H groups in total. The molecule has 0 aliphatic heterocycles. The minimum absolute atomic E-state index is 0.167. The lowest BCUT2D eigenvalue weighted by Crippen LogP contribution is -2.09. The minimum Gasteiger partial charge on any atom is -0.370 e. The lowest BCUT2D eigenvalue weighted by atomic mass is 10.1. The highest BCUT2D eigenvalue weighted by Crippen LogP contribution is 2.33. The quantitative estimate of drug-likeness (QED) is 0.424. The monoisotopic (exact) mass is 435 g/mol. The Hall–Kier alpha value is -2.19. The van der Waals surface area contributed by atoms with Crippen LogP contribution in [0.1, 0.15) is 11.1 Å². The molecule has 6 nitrogen and oxygen atoms in total. The summed E-state index contributed by atoms with van der Waals surface area (Å²) >= 11 is 12.3. The van der Waals surface area contributed by atoms with Crippen molar-refractivity contribution in [3.63, 3.8) is 0 Å². The summed E-state index contributed by atoms with van der Waals surface area (Å²) in [4.78, 5) is 9.15. The van der Waals surface area contributed by atoms with Gasteiger partial charge < -0.3 is 15.6 Å². The van der Waals surface area contributed by atoms with Crippen molar-refractivity contribution in [1.82, 2.24) is 9.97 Å². The third-order valence-electron chi connectivity index (χ3n) is 4.23. The number of nitrogen functional groups attached to an aromatic ring is 1. The van der Waals surface area contributed by atoms with Gasteiger partial charge in [0.25, 0.3) is 0 Å². The molecule has 1 unspecified atom stereocenters. The molecule has 0 aliphatic rings. The molecule has 0 aliphatic carbocycles. The summed E-state index contributed by atoms with van der Waals surface area (Å²) in [6.45, 7) is 2.52. The molecule has 1 heterocycles. The number of hydrogen-bond acceptors (Lipinski definition) is 5. The molecule has 0 spiro atoms. The molecule has 146 valence electrons. The molecule has 0 amide bonds. The van der Waals surface area contributed by atoms with Gasteiger partial charge in [0.2, 0.25) is 5.95 Å². The fraction of sp³-hybridized carbons (Fsp3) is 0.158. The van der Waals surface area contributed by atoms with Gasteiger partial charge in [0.15, 0.2) is 0 Å². The maximum atomic E-state index is 9.28. The Morgan fingerprint density at radius 1 is 1.14 bits per heavy atom. The first kappa shape index (κ1) is 20.5. The number of nitrogens with zero attached hydrogens (tertiary/aromatic N) is 2. The van der Waals surface area contributed by atoms with E-state index < -0.39 is 11.0 Å². The molecule has 28 heavy (non-hydrogen) atoms. The van der Waals surface area contributed by atoms with Gasteiger partial charge in [-0.2, -0.15) is 4.98 Å². The highest BCUT2D eigenvalue weighted by atomic mass is 35.5. The average Bonchev–Trinajstić information content (AvgIpc) is 2.66. The number of halogens is 2. The van der Waals surface area contributed by atoms with E-state index in [0.717, 1.165) is 23.1 Å². The Balaban J connectivity index is 1.73. The Morgan fingerprint density at radius 2 is 1.86 bits per heavy atom. The second-order valence-corrected chi connectivity index (χ2v) is 7.96. The van der Waals surface area contributed by atoms with Gasteiger partial charge >= 0.3 is 0 Å². The molecule has 0 radical (unpaired) electrons. The summed E-state index contributed by atoms with van der Waals surface area (Å²) < 4.78 is 16.6. The summed E-state index contributed by atoms with van der Waals surface area (Å²) in [6, 6.07) is 12.7. The third-order valence-corrected chi connectivity index (χ3v) is 5.84. The number of aromatic nitrogens is 2. The van der Waals surface area contributed by atoms with Gasteiger partial charge in [0.1, 0.15) is 5.82 Å². The van der Waals surface area contributed by atoms with Gasteiger partial charge in [-0.25, -0.2) is 4.98 Å². The van der Waals surface area contributed by atoms with Crippen LogP contribution in [0.5, 0.6) is 0 Å². The molecule has 3 aromatic rings. The molecule has 0 saturated heterocycles. The van der Waals surface area contributed by atoms with E-state index in [1.165, 1.54) is 0 Å². The summed E-state index contributed by atoms with van der Waals surface area (Å²) in [7, 11) is -1.47. The molecule has 2 aromatic carbocycles. The van der Waals surface area contributed by atoms with Crippen LogP contribution < -0.4 is 11.1 Å². The molecule has 0 saturated carbocycles. The van der Waals surface area contributed by atoms with Crippen molar-refractivity contribution in [3.05, 3.63) is 63.6 Å². The van der Waals surface area contributed by atoms with E-state index in [-0.39, 0.29) is 5.95 Å². The molecule has 0 fully saturated rings. The van der Waals surface area contributed by atoms with Crippen LogP contribution in [-0.2, 0) is 17.4 Å². The Labute approximate surface area is 175 Å². The van der Waals surface area contributed by atoms with Gasteiger partial charge in [0, 0.05) is 23.1 Å². The number of nitrogens with two attached hydrogens (primary N) is 1. The zero-order chi connectivity index (χ0) is 20.3. The topological polar surface area (TPSA) is 108 Å². The first-order valence-electron chi connectivity index (χ1n) is 8.42. The predicted octanol–water partition coefficient (Wildman–Crippen LogP) is 5.21. The highest BCUT2D eigenvalue weighted by Gasteiger charge is 2.12. The first-order chi connectivity index (χ1) is 13.3. The van der Waals surface area contributed by atoms with E-state index in [2.05, 4.69) is 15.3 Å². The van der Waals surface area contributed by atoms with E-state index in [4.69, 9.17) is 33.7 Å². The summed E-state index contributed by atoms with van der Waals surface area (Å²) in [5, 5.41) is 4.24. The molecular weight excluding hydrogens is 417 g/mol. The Bertz CT molecular complexity index is 1030. The molecular formula is C19H19Cl2N5OS. The van der Waals surface area contributed by atoms with Crippen molar-refractivity contribution in [1.29, 1.82) is 4.78 Å². The van der Waals surface area contributed by atoms with Crippen molar-refractivity contribution in [2.24, 2.45) is 0 Å². The molecule has 0 bridgehead atoms. The zero-order valence-electron chi connectivity index (χ0n) is 15.0. The second-order valence-electron chi connectivity index (χ2n) is 6.14. The van der Waals surface area contributed by atoms with Crippen LogP contribution in [0.15, 0.2) is 47.4 Å².